The fraction of sp³-hybridized carbons (Fsp3) is 0.524. The van der Waals surface area contributed by atoms with Crippen molar-refractivity contribution in [3.05, 3.63) is 41.5 Å². The molecule has 4 aliphatic rings. The SMILES string of the molecule is C/C=C1/CN2CC[C@]34C(=Nc5ccccc53)[C@@H]2C[C@@H]1[C@]4(CO)C(=O)OC. The van der Waals surface area contributed by atoms with Crippen LogP contribution in [0.15, 0.2) is 40.9 Å². The van der Waals surface area contributed by atoms with Crippen LogP contribution in [0.4, 0.5) is 5.69 Å². The first-order valence-corrected chi connectivity index (χ1v) is 9.41. The quantitative estimate of drug-likeness (QED) is 0.655. The molecule has 1 aromatic carbocycles. The van der Waals surface area contributed by atoms with Gasteiger partial charge in [-0.25, -0.2) is 0 Å². The van der Waals surface area contributed by atoms with Crippen LogP contribution >= 0.6 is 0 Å². The molecule has 0 radical (unpaired) electrons. The van der Waals surface area contributed by atoms with Gasteiger partial charge in [-0.05, 0) is 31.4 Å². The standard InChI is InChI=1S/C21H24N2O3/c1-3-13-11-23-9-8-20-14-6-4-5-7-16(14)22-18(20)17(23)10-15(13)21(20,12-24)19(25)26-2/h3-7,15,17,24H,8-12H2,1-2H3/b13-3-/t15-,17-,20+,21+/m0/s1. The lowest BCUT2D eigenvalue weighted by atomic mass is 9.43. The maximum absolute atomic E-state index is 13.3. The number of methoxy groups -OCH3 is 1. The maximum Gasteiger partial charge on any atom is 0.316 e. The first-order valence-electron chi connectivity index (χ1n) is 9.41. The van der Waals surface area contributed by atoms with Gasteiger partial charge >= 0.3 is 5.97 Å². The average molecular weight is 352 g/mol. The lowest BCUT2D eigenvalue weighted by Gasteiger charge is -2.64. The van der Waals surface area contributed by atoms with E-state index in [2.05, 4.69) is 17.0 Å². The minimum Gasteiger partial charge on any atom is -0.468 e. The van der Waals surface area contributed by atoms with Crippen LogP contribution in [-0.2, 0) is 14.9 Å². The van der Waals surface area contributed by atoms with Crippen LogP contribution in [0.1, 0.15) is 25.3 Å². The summed E-state index contributed by atoms with van der Waals surface area (Å²) >= 11 is 0. The molecule has 3 aliphatic heterocycles. The Balaban J connectivity index is 1.87. The minimum absolute atomic E-state index is 0.0170. The van der Waals surface area contributed by atoms with Crippen molar-refractivity contribution < 1.29 is 14.6 Å². The molecular weight excluding hydrogens is 328 g/mol. The van der Waals surface area contributed by atoms with Crippen molar-refractivity contribution in [2.75, 3.05) is 26.8 Å². The van der Waals surface area contributed by atoms with E-state index in [1.165, 1.54) is 12.7 Å². The summed E-state index contributed by atoms with van der Waals surface area (Å²) in [7, 11) is 1.44. The van der Waals surface area contributed by atoms with Crippen molar-refractivity contribution in [3.8, 4) is 0 Å². The number of aliphatic imine (C=N–C) groups is 1. The Morgan fingerprint density at radius 3 is 3.00 bits per heavy atom. The van der Waals surface area contributed by atoms with Gasteiger partial charge in [-0.2, -0.15) is 0 Å². The molecule has 3 bridgehead atoms. The summed E-state index contributed by atoms with van der Waals surface area (Å²) in [4.78, 5) is 20.8. The van der Waals surface area contributed by atoms with E-state index in [0.717, 1.165) is 42.9 Å². The molecule has 5 nitrogen and oxygen atoms in total. The molecule has 0 unspecified atom stereocenters. The number of carbonyl (C=O) groups excluding carboxylic acids is 1. The summed E-state index contributed by atoms with van der Waals surface area (Å²) in [5.41, 5.74) is 2.77. The first kappa shape index (κ1) is 16.2. The van der Waals surface area contributed by atoms with Crippen LogP contribution in [-0.4, -0.2) is 54.5 Å². The van der Waals surface area contributed by atoms with E-state index in [1.54, 1.807) is 0 Å². The molecule has 4 atom stereocenters. The Hall–Kier alpha value is -1.98. The van der Waals surface area contributed by atoms with Gasteiger partial charge < -0.3 is 9.84 Å². The van der Waals surface area contributed by atoms with Gasteiger partial charge in [-0.1, -0.05) is 29.8 Å². The van der Waals surface area contributed by atoms with Gasteiger partial charge in [0.05, 0.1) is 30.9 Å². The first-order chi connectivity index (χ1) is 12.6. The minimum atomic E-state index is -1.00. The second-order valence-corrected chi connectivity index (χ2v) is 7.93. The summed E-state index contributed by atoms with van der Waals surface area (Å²) < 4.78 is 5.34. The number of esters is 1. The van der Waals surface area contributed by atoms with Crippen molar-refractivity contribution in [1.29, 1.82) is 0 Å². The lowest BCUT2D eigenvalue weighted by Crippen LogP contribution is -2.74. The molecule has 1 N–H and O–H groups in total. The monoisotopic (exact) mass is 352 g/mol. The molecule has 3 fully saturated rings. The molecular formula is C21H24N2O3. The summed E-state index contributed by atoms with van der Waals surface area (Å²) in [5.74, 6) is -0.320. The third-order valence-electron chi connectivity index (χ3n) is 7.39. The number of ether oxygens (including phenoxy) is 1. The highest BCUT2D eigenvalue weighted by Gasteiger charge is 2.73. The van der Waals surface area contributed by atoms with E-state index < -0.39 is 10.8 Å². The van der Waals surface area contributed by atoms with Crippen molar-refractivity contribution in [1.82, 2.24) is 4.90 Å². The average Bonchev–Trinajstić information content (AvgIpc) is 3.04. The van der Waals surface area contributed by atoms with E-state index in [1.807, 2.05) is 25.1 Å². The van der Waals surface area contributed by atoms with Gasteiger partial charge in [0.15, 0.2) is 0 Å². The second-order valence-electron chi connectivity index (χ2n) is 7.93. The number of nitrogens with zero attached hydrogens (tertiary/aromatic N) is 2. The summed E-state index contributed by atoms with van der Waals surface area (Å²) in [6.07, 6.45) is 3.75. The zero-order chi connectivity index (χ0) is 18.1. The Morgan fingerprint density at radius 2 is 2.27 bits per heavy atom. The van der Waals surface area contributed by atoms with Crippen molar-refractivity contribution in [2.45, 2.75) is 31.2 Å². The van der Waals surface area contributed by atoms with Gasteiger partial charge in [0.25, 0.3) is 0 Å². The molecule has 3 heterocycles. The molecule has 5 rings (SSSR count). The second kappa shape index (κ2) is 5.27. The van der Waals surface area contributed by atoms with Crippen molar-refractivity contribution in [3.63, 3.8) is 0 Å². The molecule has 2 saturated heterocycles. The zero-order valence-electron chi connectivity index (χ0n) is 15.2. The number of benzene rings is 1. The summed E-state index contributed by atoms with van der Waals surface area (Å²) in [6, 6.07) is 8.36. The Kier molecular flexibility index (Phi) is 3.29. The number of rotatable bonds is 2. The molecule has 1 saturated carbocycles. The number of hydrogen-bond donors (Lipinski definition) is 1. The number of carbonyl (C=O) groups is 1. The van der Waals surface area contributed by atoms with Crippen molar-refractivity contribution >= 4 is 17.4 Å². The van der Waals surface area contributed by atoms with E-state index in [0.29, 0.717) is 0 Å². The van der Waals surface area contributed by atoms with Gasteiger partial charge in [-0.3, -0.25) is 14.7 Å². The highest BCUT2D eigenvalue weighted by molar-refractivity contribution is 6.11. The smallest absolute Gasteiger partial charge is 0.316 e. The normalized spacial score (nSPS) is 38.7. The number of para-hydroxylation sites is 1. The van der Waals surface area contributed by atoms with Gasteiger partial charge in [0.1, 0.15) is 5.41 Å². The van der Waals surface area contributed by atoms with E-state index in [-0.39, 0.29) is 24.5 Å². The number of piperidine rings is 2. The predicted molar refractivity (Wildman–Crippen MR) is 98.6 cm³/mol. The van der Waals surface area contributed by atoms with Gasteiger partial charge in [-0.15, -0.1) is 0 Å². The van der Waals surface area contributed by atoms with Crippen LogP contribution in [0.3, 0.4) is 0 Å². The predicted octanol–water partition coefficient (Wildman–Crippen LogP) is 2.22. The number of aliphatic hydroxyl groups is 1. The summed E-state index contributed by atoms with van der Waals surface area (Å²) in [6.45, 7) is 3.56. The van der Waals surface area contributed by atoms with Gasteiger partial charge in [0, 0.05) is 24.7 Å². The number of fused-ring (bicyclic) bond motifs is 2. The van der Waals surface area contributed by atoms with Crippen LogP contribution in [0, 0.1) is 11.3 Å². The highest BCUT2D eigenvalue weighted by Crippen LogP contribution is 2.65. The fourth-order valence-corrected chi connectivity index (χ4v) is 6.33. The maximum atomic E-state index is 13.3. The lowest BCUT2D eigenvalue weighted by molar-refractivity contribution is -0.170. The number of aliphatic hydroxyl groups excluding tert-OH is 1. The molecule has 136 valence electrons. The zero-order valence-corrected chi connectivity index (χ0v) is 15.2. The van der Waals surface area contributed by atoms with Crippen molar-refractivity contribution in [2.24, 2.45) is 16.3 Å². The third-order valence-corrected chi connectivity index (χ3v) is 7.39. The fourth-order valence-electron chi connectivity index (χ4n) is 6.33. The molecule has 0 aromatic heterocycles. The Labute approximate surface area is 153 Å². The van der Waals surface area contributed by atoms with Crippen LogP contribution in [0.2, 0.25) is 0 Å². The summed E-state index contributed by atoms with van der Waals surface area (Å²) in [5, 5.41) is 10.8. The topological polar surface area (TPSA) is 62.1 Å². The van der Waals surface area contributed by atoms with Gasteiger partial charge in [0.2, 0.25) is 0 Å². The molecule has 26 heavy (non-hydrogen) atoms. The molecule has 0 amide bonds. The molecule has 0 spiro atoms. The number of hydrogen-bond acceptors (Lipinski definition) is 5. The highest BCUT2D eigenvalue weighted by atomic mass is 16.5. The molecule has 5 heteroatoms. The molecule has 1 aromatic rings. The Morgan fingerprint density at radius 1 is 1.46 bits per heavy atom. The van der Waals surface area contributed by atoms with Crippen LogP contribution in [0.25, 0.3) is 0 Å². The van der Waals surface area contributed by atoms with E-state index in [9.17, 15) is 9.90 Å². The van der Waals surface area contributed by atoms with E-state index in [4.69, 9.17) is 9.73 Å². The number of allylic oxidation sites excluding steroid dienone is 1. The third kappa shape index (κ3) is 1.56. The Bertz CT molecular complexity index is 861. The van der Waals surface area contributed by atoms with Crippen LogP contribution < -0.4 is 0 Å². The largest absolute Gasteiger partial charge is 0.468 e. The molecule has 1 aliphatic carbocycles. The van der Waals surface area contributed by atoms with Crippen LogP contribution in [0.5, 0.6) is 0 Å². The van der Waals surface area contributed by atoms with E-state index >= 15 is 0 Å².